The predicted molar refractivity (Wildman–Crippen MR) is 90.4 cm³/mol. The van der Waals surface area contributed by atoms with Crippen molar-refractivity contribution in [1.29, 1.82) is 0 Å². The lowest BCUT2D eigenvalue weighted by molar-refractivity contribution is 0.698. The lowest BCUT2D eigenvalue weighted by Gasteiger charge is -2.08. The van der Waals surface area contributed by atoms with Gasteiger partial charge >= 0.3 is 0 Å². The molecule has 0 aliphatic rings. The third-order valence-corrected chi connectivity index (χ3v) is 3.22. The van der Waals surface area contributed by atoms with Crippen LogP contribution in [-0.4, -0.2) is 25.8 Å². The highest BCUT2D eigenvalue weighted by Crippen LogP contribution is 2.11. The van der Waals surface area contributed by atoms with Gasteiger partial charge in [-0.05, 0) is 29.9 Å². The van der Waals surface area contributed by atoms with Gasteiger partial charge in [0.25, 0.3) is 0 Å². The van der Waals surface area contributed by atoms with E-state index in [1.165, 1.54) is 0 Å². The number of thiocarbonyl (C=S) groups is 1. The van der Waals surface area contributed by atoms with Gasteiger partial charge in [-0.2, -0.15) is 5.10 Å². The van der Waals surface area contributed by atoms with Gasteiger partial charge in [0, 0.05) is 0 Å². The summed E-state index contributed by atoms with van der Waals surface area (Å²) in [6.45, 7) is 0.458. The number of nitrogens with zero attached hydrogens (tertiary/aromatic N) is 4. The molecule has 0 amide bonds. The molecule has 1 aromatic heterocycles. The van der Waals surface area contributed by atoms with Gasteiger partial charge in [-0.25, -0.2) is 4.68 Å². The van der Waals surface area contributed by atoms with E-state index in [1.54, 1.807) is 4.68 Å². The van der Waals surface area contributed by atoms with Crippen LogP contribution < -0.4 is 11.2 Å². The van der Waals surface area contributed by atoms with Crippen molar-refractivity contribution in [1.82, 2.24) is 20.4 Å². The average Bonchev–Trinajstić information content (AvgIpc) is 2.95. The van der Waals surface area contributed by atoms with E-state index < -0.39 is 0 Å². The monoisotopic (exact) mass is 310 g/mol. The van der Waals surface area contributed by atoms with Crippen molar-refractivity contribution in [3.05, 3.63) is 60.2 Å². The fourth-order valence-electron chi connectivity index (χ4n) is 2.12. The SMILES string of the molecule is NC(=S)NN=C(Cn1nnc2ccccc21)c1ccccc1. The molecule has 0 saturated carbocycles. The van der Waals surface area contributed by atoms with Crippen LogP contribution in [0.2, 0.25) is 0 Å². The Balaban J connectivity index is 1.96. The molecule has 110 valence electrons. The van der Waals surface area contributed by atoms with Crippen LogP contribution in [0.25, 0.3) is 11.0 Å². The van der Waals surface area contributed by atoms with E-state index in [2.05, 4.69) is 20.8 Å². The summed E-state index contributed by atoms with van der Waals surface area (Å²) in [4.78, 5) is 0. The van der Waals surface area contributed by atoms with E-state index in [0.29, 0.717) is 6.54 Å². The molecular formula is C15H14N6S. The number of rotatable bonds is 4. The standard InChI is InChI=1S/C15H14N6S/c16-15(22)19-17-13(11-6-2-1-3-7-11)10-21-14-9-5-4-8-12(14)18-20-21/h1-9H,10H2,(H3,16,19,22). The van der Waals surface area contributed by atoms with Gasteiger partial charge in [0.2, 0.25) is 0 Å². The lowest BCUT2D eigenvalue weighted by Crippen LogP contribution is -2.27. The van der Waals surface area contributed by atoms with Crippen molar-refractivity contribution in [3.8, 4) is 0 Å². The number of nitrogens with two attached hydrogens (primary N) is 1. The van der Waals surface area contributed by atoms with Crippen LogP contribution in [0, 0.1) is 0 Å². The van der Waals surface area contributed by atoms with Gasteiger partial charge < -0.3 is 5.73 Å². The molecule has 7 heteroatoms. The zero-order valence-corrected chi connectivity index (χ0v) is 12.5. The number of fused-ring (bicyclic) bond motifs is 1. The van der Waals surface area contributed by atoms with Crippen molar-refractivity contribution in [3.63, 3.8) is 0 Å². The summed E-state index contributed by atoms with van der Waals surface area (Å²) < 4.78 is 1.79. The molecule has 0 radical (unpaired) electrons. The first-order valence-corrected chi connectivity index (χ1v) is 7.10. The minimum absolute atomic E-state index is 0.122. The first-order chi connectivity index (χ1) is 10.7. The Morgan fingerprint density at radius 2 is 1.86 bits per heavy atom. The molecule has 0 aliphatic carbocycles. The normalized spacial score (nSPS) is 11.5. The summed E-state index contributed by atoms with van der Waals surface area (Å²) in [6.07, 6.45) is 0. The maximum Gasteiger partial charge on any atom is 0.184 e. The molecule has 0 bridgehead atoms. The average molecular weight is 310 g/mol. The van der Waals surface area contributed by atoms with Crippen LogP contribution in [0.15, 0.2) is 59.7 Å². The highest BCUT2D eigenvalue weighted by Gasteiger charge is 2.09. The summed E-state index contributed by atoms with van der Waals surface area (Å²) in [5.41, 5.74) is 11.6. The Hall–Kier alpha value is -2.80. The highest BCUT2D eigenvalue weighted by molar-refractivity contribution is 7.80. The maximum absolute atomic E-state index is 5.46. The van der Waals surface area contributed by atoms with Crippen LogP contribution in [-0.2, 0) is 6.54 Å². The van der Waals surface area contributed by atoms with Crippen LogP contribution in [0.5, 0.6) is 0 Å². The number of benzene rings is 2. The van der Waals surface area contributed by atoms with Crippen molar-refractivity contribution in [2.75, 3.05) is 0 Å². The minimum Gasteiger partial charge on any atom is -0.375 e. The number of hydrogen-bond acceptors (Lipinski definition) is 4. The highest BCUT2D eigenvalue weighted by atomic mass is 32.1. The van der Waals surface area contributed by atoms with E-state index in [0.717, 1.165) is 22.3 Å². The molecule has 0 unspecified atom stereocenters. The molecular weight excluding hydrogens is 296 g/mol. The van der Waals surface area contributed by atoms with Crippen molar-refractivity contribution >= 4 is 34.1 Å². The molecule has 0 saturated heterocycles. The van der Waals surface area contributed by atoms with Gasteiger partial charge in [-0.1, -0.05) is 47.7 Å². The topological polar surface area (TPSA) is 81.1 Å². The number of para-hydroxylation sites is 1. The van der Waals surface area contributed by atoms with Crippen LogP contribution >= 0.6 is 12.2 Å². The second-order valence-corrected chi connectivity index (χ2v) is 5.08. The van der Waals surface area contributed by atoms with Gasteiger partial charge in [-0.3, -0.25) is 5.43 Å². The number of hydrogen-bond donors (Lipinski definition) is 2. The Morgan fingerprint density at radius 3 is 2.64 bits per heavy atom. The molecule has 1 heterocycles. The Morgan fingerprint density at radius 1 is 1.14 bits per heavy atom. The van der Waals surface area contributed by atoms with Crippen LogP contribution in [0.1, 0.15) is 5.56 Å². The van der Waals surface area contributed by atoms with E-state index in [9.17, 15) is 0 Å². The predicted octanol–water partition coefficient (Wildman–Crippen LogP) is 1.67. The summed E-state index contributed by atoms with van der Waals surface area (Å²) >= 11 is 4.81. The second-order valence-electron chi connectivity index (χ2n) is 4.64. The third-order valence-electron chi connectivity index (χ3n) is 3.13. The molecule has 0 aliphatic heterocycles. The summed E-state index contributed by atoms with van der Waals surface area (Å²) in [5, 5.41) is 12.7. The fraction of sp³-hybridized carbons (Fsp3) is 0.0667. The van der Waals surface area contributed by atoms with E-state index >= 15 is 0 Å². The number of hydrazone groups is 1. The fourth-order valence-corrected chi connectivity index (χ4v) is 2.17. The zero-order valence-electron chi connectivity index (χ0n) is 11.7. The van der Waals surface area contributed by atoms with Gasteiger partial charge in [0.1, 0.15) is 5.52 Å². The van der Waals surface area contributed by atoms with Gasteiger partial charge in [-0.15, -0.1) is 5.10 Å². The molecule has 3 N–H and O–H groups in total. The molecule has 22 heavy (non-hydrogen) atoms. The van der Waals surface area contributed by atoms with Crippen molar-refractivity contribution < 1.29 is 0 Å². The van der Waals surface area contributed by atoms with E-state index in [4.69, 9.17) is 18.0 Å². The third kappa shape index (κ3) is 3.09. The van der Waals surface area contributed by atoms with Crippen molar-refractivity contribution in [2.45, 2.75) is 6.54 Å². The second kappa shape index (κ2) is 6.31. The van der Waals surface area contributed by atoms with Gasteiger partial charge in [0.15, 0.2) is 5.11 Å². The van der Waals surface area contributed by atoms with E-state index in [-0.39, 0.29) is 5.11 Å². The summed E-state index contributed by atoms with van der Waals surface area (Å²) in [7, 11) is 0. The maximum atomic E-state index is 5.46. The van der Waals surface area contributed by atoms with Gasteiger partial charge in [0.05, 0.1) is 17.8 Å². The molecule has 2 aromatic carbocycles. The van der Waals surface area contributed by atoms with Crippen LogP contribution in [0.4, 0.5) is 0 Å². The zero-order chi connectivity index (χ0) is 15.4. The first kappa shape index (κ1) is 14.2. The van der Waals surface area contributed by atoms with Crippen LogP contribution in [0.3, 0.4) is 0 Å². The smallest absolute Gasteiger partial charge is 0.184 e. The molecule has 0 fully saturated rings. The molecule has 3 aromatic rings. The van der Waals surface area contributed by atoms with Crippen molar-refractivity contribution in [2.24, 2.45) is 10.8 Å². The molecule has 0 spiro atoms. The largest absolute Gasteiger partial charge is 0.375 e. The van der Waals surface area contributed by atoms with E-state index in [1.807, 2.05) is 54.6 Å². The number of nitrogens with one attached hydrogen (secondary N) is 1. The minimum atomic E-state index is 0.122. The summed E-state index contributed by atoms with van der Waals surface area (Å²) in [5.74, 6) is 0. The summed E-state index contributed by atoms with van der Waals surface area (Å²) in [6, 6.07) is 17.6. The Kier molecular flexibility index (Phi) is 4.06. The first-order valence-electron chi connectivity index (χ1n) is 6.70. The molecule has 6 nitrogen and oxygen atoms in total. The Labute approximate surface area is 132 Å². The lowest BCUT2D eigenvalue weighted by atomic mass is 10.1. The molecule has 3 rings (SSSR count). The Bertz CT molecular complexity index is 824. The quantitative estimate of drug-likeness (QED) is 0.435. The number of aromatic nitrogens is 3. The molecule has 0 atom stereocenters.